The number of hydrogen-bond acceptors (Lipinski definition) is 2. The summed E-state index contributed by atoms with van der Waals surface area (Å²) in [4.78, 5) is 30.7. The molecule has 1 aromatic heterocycles. The number of allylic oxidation sites excluding steroid dienone is 1. The van der Waals surface area contributed by atoms with E-state index < -0.39 is 6.04 Å². The molecular weight excluding hydrogens is 338 g/mol. The summed E-state index contributed by atoms with van der Waals surface area (Å²) in [5, 5.41) is 4.10. The molecular formula is C22H27N3O2. The maximum Gasteiger partial charge on any atom is 0.246 e. The summed E-state index contributed by atoms with van der Waals surface area (Å²) < 4.78 is 0. The summed E-state index contributed by atoms with van der Waals surface area (Å²) in [6, 6.07) is 7.40. The Kier molecular flexibility index (Phi) is 4.33. The van der Waals surface area contributed by atoms with Crippen LogP contribution in [-0.4, -0.2) is 40.3 Å². The Balaban J connectivity index is 1.69. The van der Waals surface area contributed by atoms with E-state index in [1.54, 1.807) is 4.90 Å². The van der Waals surface area contributed by atoms with Gasteiger partial charge in [0.1, 0.15) is 12.1 Å². The van der Waals surface area contributed by atoms with E-state index in [9.17, 15) is 9.59 Å². The van der Waals surface area contributed by atoms with Crippen LogP contribution in [-0.2, 0) is 22.4 Å². The van der Waals surface area contributed by atoms with E-state index in [-0.39, 0.29) is 23.3 Å². The SMILES string of the molecule is C=CC(C)(C)Cc1[nH]c2ccccc2c1CC1NC(=O)C2CCCN2C1=O. The molecule has 2 fully saturated rings. The average Bonchev–Trinajstić information content (AvgIpc) is 3.25. The van der Waals surface area contributed by atoms with Gasteiger partial charge < -0.3 is 15.2 Å². The van der Waals surface area contributed by atoms with Crippen molar-refractivity contribution in [3.8, 4) is 0 Å². The monoisotopic (exact) mass is 365 g/mol. The van der Waals surface area contributed by atoms with Crippen molar-refractivity contribution in [2.24, 2.45) is 5.41 Å². The zero-order valence-corrected chi connectivity index (χ0v) is 16.0. The molecule has 0 saturated carbocycles. The maximum atomic E-state index is 13.0. The summed E-state index contributed by atoms with van der Waals surface area (Å²) in [6.07, 6.45) is 4.96. The maximum absolute atomic E-state index is 13.0. The Bertz CT molecular complexity index is 911. The van der Waals surface area contributed by atoms with E-state index in [4.69, 9.17) is 0 Å². The number of hydrogen-bond donors (Lipinski definition) is 2. The van der Waals surface area contributed by atoms with Crippen molar-refractivity contribution >= 4 is 22.7 Å². The molecule has 142 valence electrons. The van der Waals surface area contributed by atoms with Crippen LogP contribution in [0.1, 0.15) is 37.9 Å². The van der Waals surface area contributed by atoms with E-state index in [1.165, 1.54) is 0 Å². The molecule has 2 N–H and O–H groups in total. The number of nitrogens with one attached hydrogen (secondary N) is 2. The normalized spacial score (nSPS) is 22.8. The van der Waals surface area contributed by atoms with Gasteiger partial charge in [0.15, 0.2) is 0 Å². The number of para-hydroxylation sites is 1. The lowest BCUT2D eigenvalue weighted by molar-refractivity contribution is -0.146. The molecule has 2 aromatic rings. The van der Waals surface area contributed by atoms with Gasteiger partial charge in [0.25, 0.3) is 0 Å². The Morgan fingerprint density at radius 2 is 2.07 bits per heavy atom. The summed E-state index contributed by atoms with van der Waals surface area (Å²) in [6.45, 7) is 8.95. The molecule has 27 heavy (non-hydrogen) atoms. The first-order chi connectivity index (χ1) is 12.9. The van der Waals surface area contributed by atoms with Crippen molar-refractivity contribution < 1.29 is 9.59 Å². The van der Waals surface area contributed by atoms with Gasteiger partial charge in [0.05, 0.1) is 0 Å². The van der Waals surface area contributed by atoms with Gasteiger partial charge in [-0.25, -0.2) is 0 Å². The molecule has 3 heterocycles. The van der Waals surface area contributed by atoms with E-state index >= 15 is 0 Å². The van der Waals surface area contributed by atoms with Gasteiger partial charge in [0.2, 0.25) is 11.8 Å². The molecule has 0 aliphatic carbocycles. The number of benzene rings is 1. The number of piperazine rings is 1. The second kappa shape index (κ2) is 6.55. The molecule has 2 amide bonds. The summed E-state index contributed by atoms with van der Waals surface area (Å²) in [7, 11) is 0. The fourth-order valence-electron chi connectivity index (χ4n) is 4.34. The molecule has 0 radical (unpaired) electrons. The molecule has 2 atom stereocenters. The third-order valence-corrected chi connectivity index (χ3v) is 5.95. The Hall–Kier alpha value is -2.56. The number of amides is 2. The van der Waals surface area contributed by atoms with Gasteiger partial charge in [0, 0.05) is 29.6 Å². The number of fused-ring (bicyclic) bond motifs is 2. The largest absolute Gasteiger partial charge is 0.358 e. The summed E-state index contributed by atoms with van der Waals surface area (Å²) in [5.74, 6) is 0.0428. The zero-order valence-electron chi connectivity index (χ0n) is 16.0. The summed E-state index contributed by atoms with van der Waals surface area (Å²) in [5.41, 5.74) is 3.25. The second-order valence-corrected chi connectivity index (χ2v) is 8.45. The lowest BCUT2D eigenvalue weighted by Crippen LogP contribution is -2.61. The van der Waals surface area contributed by atoms with Crippen molar-refractivity contribution in [3.05, 3.63) is 48.2 Å². The number of aromatic amines is 1. The number of nitrogens with zero attached hydrogens (tertiary/aromatic N) is 1. The van der Waals surface area contributed by atoms with E-state index in [1.807, 2.05) is 18.2 Å². The van der Waals surface area contributed by atoms with E-state index in [0.29, 0.717) is 13.0 Å². The molecule has 5 heteroatoms. The van der Waals surface area contributed by atoms with Crippen LogP contribution in [0.25, 0.3) is 10.9 Å². The molecule has 0 bridgehead atoms. The molecule has 4 rings (SSSR count). The highest BCUT2D eigenvalue weighted by molar-refractivity contribution is 5.98. The first-order valence-electron chi connectivity index (χ1n) is 9.72. The van der Waals surface area contributed by atoms with Crippen molar-refractivity contribution in [2.45, 2.75) is 51.6 Å². The van der Waals surface area contributed by atoms with Crippen molar-refractivity contribution in [1.82, 2.24) is 15.2 Å². The summed E-state index contributed by atoms with van der Waals surface area (Å²) >= 11 is 0. The van der Waals surface area contributed by atoms with Gasteiger partial charge in [-0.1, -0.05) is 38.1 Å². The third kappa shape index (κ3) is 3.15. The topological polar surface area (TPSA) is 65.2 Å². The van der Waals surface area contributed by atoms with Gasteiger partial charge in [-0.2, -0.15) is 0 Å². The number of rotatable bonds is 5. The van der Waals surface area contributed by atoms with Gasteiger partial charge in [-0.05, 0) is 36.3 Å². The van der Waals surface area contributed by atoms with E-state index in [0.717, 1.165) is 41.4 Å². The first kappa shape index (κ1) is 17.8. The number of H-pyrrole nitrogens is 1. The molecule has 2 saturated heterocycles. The third-order valence-electron chi connectivity index (χ3n) is 5.95. The minimum Gasteiger partial charge on any atom is -0.358 e. The van der Waals surface area contributed by atoms with E-state index in [2.05, 4.69) is 42.9 Å². The van der Waals surface area contributed by atoms with Crippen LogP contribution in [0.15, 0.2) is 36.9 Å². The minimum atomic E-state index is -0.489. The van der Waals surface area contributed by atoms with Crippen molar-refractivity contribution in [2.75, 3.05) is 6.54 Å². The Morgan fingerprint density at radius 3 is 2.85 bits per heavy atom. The van der Waals surface area contributed by atoms with Gasteiger partial charge in [-0.15, -0.1) is 6.58 Å². The molecule has 5 nitrogen and oxygen atoms in total. The van der Waals surface area contributed by atoms with Crippen LogP contribution < -0.4 is 5.32 Å². The zero-order chi connectivity index (χ0) is 19.2. The molecule has 1 aromatic carbocycles. The highest BCUT2D eigenvalue weighted by atomic mass is 16.2. The standard InChI is InChI=1S/C22H27N3O2/c1-4-22(2,3)13-18-15(14-8-5-6-9-16(14)23-18)12-17-21(27)25-11-7-10-19(25)20(26)24-17/h4-6,8-9,17,19,23H,1,7,10-13H2,2-3H3,(H,24,26). The van der Waals surface area contributed by atoms with Crippen LogP contribution in [0.3, 0.4) is 0 Å². The number of carbonyl (C=O) groups excluding carboxylic acids is 2. The lowest BCUT2D eigenvalue weighted by atomic mass is 9.86. The van der Waals surface area contributed by atoms with Crippen molar-refractivity contribution in [3.63, 3.8) is 0 Å². The van der Waals surface area contributed by atoms with Gasteiger partial charge >= 0.3 is 0 Å². The minimum absolute atomic E-state index is 0.00934. The lowest BCUT2D eigenvalue weighted by Gasteiger charge is -2.34. The van der Waals surface area contributed by atoms with Crippen LogP contribution in [0, 0.1) is 5.41 Å². The highest BCUT2D eigenvalue weighted by Gasteiger charge is 2.43. The van der Waals surface area contributed by atoms with Crippen LogP contribution in [0.5, 0.6) is 0 Å². The average molecular weight is 365 g/mol. The number of aromatic nitrogens is 1. The highest BCUT2D eigenvalue weighted by Crippen LogP contribution is 2.31. The second-order valence-electron chi connectivity index (χ2n) is 8.45. The first-order valence-corrected chi connectivity index (χ1v) is 9.72. The number of carbonyl (C=O) groups is 2. The van der Waals surface area contributed by atoms with Crippen LogP contribution >= 0.6 is 0 Å². The van der Waals surface area contributed by atoms with Crippen molar-refractivity contribution in [1.29, 1.82) is 0 Å². The molecule has 0 spiro atoms. The van der Waals surface area contributed by atoms with Gasteiger partial charge in [-0.3, -0.25) is 9.59 Å². The molecule has 2 aliphatic heterocycles. The predicted octanol–water partition coefficient (Wildman–Crippen LogP) is 2.95. The van der Waals surface area contributed by atoms with Crippen LogP contribution in [0.4, 0.5) is 0 Å². The Morgan fingerprint density at radius 1 is 1.30 bits per heavy atom. The predicted molar refractivity (Wildman–Crippen MR) is 106 cm³/mol. The smallest absolute Gasteiger partial charge is 0.246 e. The quantitative estimate of drug-likeness (QED) is 0.800. The Labute approximate surface area is 159 Å². The van der Waals surface area contributed by atoms with Crippen LogP contribution in [0.2, 0.25) is 0 Å². The molecule has 2 unspecified atom stereocenters. The fourth-order valence-corrected chi connectivity index (χ4v) is 4.34. The molecule has 2 aliphatic rings. The fraction of sp³-hybridized carbons (Fsp3) is 0.455.